The van der Waals surface area contributed by atoms with Gasteiger partial charge in [-0.1, -0.05) is 5.16 Å². The van der Waals surface area contributed by atoms with Crippen LogP contribution in [0.1, 0.15) is 29.8 Å². The topological polar surface area (TPSA) is 96.4 Å². The van der Waals surface area contributed by atoms with E-state index in [1.165, 1.54) is 5.56 Å². The highest BCUT2D eigenvalue weighted by Gasteiger charge is 2.06. The van der Waals surface area contributed by atoms with Gasteiger partial charge in [-0.2, -0.15) is 0 Å². The number of rotatable bonds is 5. The van der Waals surface area contributed by atoms with Gasteiger partial charge in [0.25, 0.3) is 0 Å². The Balaban J connectivity index is 2.01. The van der Waals surface area contributed by atoms with Gasteiger partial charge in [0.05, 0.1) is 0 Å². The van der Waals surface area contributed by atoms with Crippen LogP contribution in [0.3, 0.4) is 0 Å². The molecule has 0 saturated carbocycles. The van der Waals surface area contributed by atoms with Gasteiger partial charge in [0.15, 0.2) is 5.84 Å². The molecule has 2 aromatic rings. The SMILES string of the molecule is C[C@@H](NCc1ccnc(/C(N)=N/O)c1)c1ccncc1. The predicted molar refractivity (Wildman–Crippen MR) is 76.2 cm³/mol. The number of hydrogen-bond donors (Lipinski definition) is 3. The van der Waals surface area contributed by atoms with Gasteiger partial charge in [-0.15, -0.1) is 0 Å². The first-order valence-corrected chi connectivity index (χ1v) is 6.27. The minimum absolute atomic E-state index is 0.00836. The van der Waals surface area contributed by atoms with Crippen molar-refractivity contribution in [3.05, 3.63) is 59.7 Å². The highest BCUT2D eigenvalue weighted by Crippen LogP contribution is 2.11. The van der Waals surface area contributed by atoms with E-state index in [1.54, 1.807) is 24.7 Å². The molecule has 6 nitrogen and oxygen atoms in total. The highest BCUT2D eigenvalue weighted by atomic mass is 16.4. The fraction of sp³-hybridized carbons (Fsp3) is 0.214. The second-order valence-electron chi connectivity index (χ2n) is 4.42. The van der Waals surface area contributed by atoms with E-state index in [4.69, 9.17) is 10.9 Å². The number of amidine groups is 1. The van der Waals surface area contributed by atoms with Crippen LogP contribution < -0.4 is 11.1 Å². The van der Waals surface area contributed by atoms with Gasteiger partial charge in [0.2, 0.25) is 0 Å². The Labute approximate surface area is 117 Å². The van der Waals surface area contributed by atoms with Gasteiger partial charge in [-0.05, 0) is 42.3 Å². The maximum atomic E-state index is 8.65. The molecule has 0 bridgehead atoms. The first kappa shape index (κ1) is 14.0. The van der Waals surface area contributed by atoms with Crippen molar-refractivity contribution in [3.63, 3.8) is 0 Å². The Kier molecular flexibility index (Phi) is 4.62. The molecule has 0 saturated heterocycles. The zero-order valence-electron chi connectivity index (χ0n) is 11.2. The maximum absolute atomic E-state index is 8.65. The molecule has 0 aromatic carbocycles. The van der Waals surface area contributed by atoms with E-state index in [1.807, 2.05) is 18.2 Å². The monoisotopic (exact) mass is 271 g/mol. The molecule has 4 N–H and O–H groups in total. The molecule has 0 fully saturated rings. The van der Waals surface area contributed by atoms with Crippen molar-refractivity contribution < 1.29 is 5.21 Å². The molecule has 1 atom stereocenters. The highest BCUT2D eigenvalue weighted by molar-refractivity contribution is 5.95. The third kappa shape index (κ3) is 3.52. The van der Waals surface area contributed by atoms with Gasteiger partial charge < -0.3 is 16.3 Å². The third-order valence-corrected chi connectivity index (χ3v) is 3.01. The maximum Gasteiger partial charge on any atom is 0.188 e. The number of pyridine rings is 2. The lowest BCUT2D eigenvalue weighted by molar-refractivity contribution is 0.318. The van der Waals surface area contributed by atoms with E-state index in [-0.39, 0.29) is 11.9 Å². The fourth-order valence-electron chi connectivity index (χ4n) is 1.82. The molecule has 2 rings (SSSR count). The largest absolute Gasteiger partial charge is 0.409 e. The van der Waals surface area contributed by atoms with E-state index in [9.17, 15) is 0 Å². The molecule has 0 unspecified atom stereocenters. The summed E-state index contributed by atoms with van der Waals surface area (Å²) in [6.07, 6.45) is 5.19. The van der Waals surface area contributed by atoms with Gasteiger partial charge in [0, 0.05) is 31.2 Å². The first-order valence-electron chi connectivity index (χ1n) is 6.27. The van der Waals surface area contributed by atoms with E-state index in [2.05, 4.69) is 27.4 Å². The van der Waals surface area contributed by atoms with Crippen LogP contribution in [0, 0.1) is 0 Å². The normalized spacial score (nSPS) is 13.2. The van der Waals surface area contributed by atoms with Crippen LogP contribution in [0.4, 0.5) is 0 Å². The summed E-state index contributed by atoms with van der Waals surface area (Å²) in [7, 11) is 0. The smallest absolute Gasteiger partial charge is 0.188 e. The summed E-state index contributed by atoms with van der Waals surface area (Å²) in [6.45, 7) is 2.75. The Hall–Kier alpha value is -2.47. The number of nitrogens with zero attached hydrogens (tertiary/aromatic N) is 3. The van der Waals surface area contributed by atoms with Gasteiger partial charge >= 0.3 is 0 Å². The van der Waals surface area contributed by atoms with Crippen LogP contribution in [0.15, 0.2) is 48.0 Å². The summed E-state index contributed by atoms with van der Waals surface area (Å²) in [5, 5.41) is 15.0. The second kappa shape index (κ2) is 6.63. The Bertz CT molecular complexity index is 585. The average Bonchev–Trinajstić information content (AvgIpc) is 2.53. The van der Waals surface area contributed by atoms with E-state index in [0.717, 1.165) is 5.56 Å². The summed E-state index contributed by atoms with van der Waals surface area (Å²) >= 11 is 0. The van der Waals surface area contributed by atoms with Crippen LogP contribution >= 0.6 is 0 Å². The van der Waals surface area contributed by atoms with E-state index in [0.29, 0.717) is 12.2 Å². The predicted octanol–water partition coefficient (Wildman–Crippen LogP) is 1.42. The lowest BCUT2D eigenvalue weighted by Crippen LogP contribution is -2.19. The van der Waals surface area contributed by atoms with Crippen LogP contribution in [-0.4, -0.2) is 21.0 Å². The van der Waals surface area contributed by atoms with Crippen molar-refractivity contribution >= 4 is 5.84 Å². The summed E-state index contributed by atoms with van der Waals surface area (Å²) in [4.78, 5) is 8.04. The molecule has 0 amide bonds. The molecule has 2 heterocycles. The molecular formula is C14H17N5O. The number of hydrogen-bond acceptors (Lipinski definition) is 5. The molecule has 104 valence electrons. The number of nitrogens with one attached hydrogen (secondary N) is 1. The molecule has 0 aliphatic heterocycles. The third-order valence-electron chi connectivity index (χ3n) is 3.01. The summed E-state index contributed by atoms with van der Waals surface area (Å²) < 4.78 is 0. The molecule has 2 aromatic heterocycles. The van der Waals surface area contributed by atoms with Crippen molar-refractivity contribution in [1.82, 2.24) is 15.3 Å². The molecule has 0 radical (unpaired) electrons. The molecule has 0 spiro atoms. The Morgan fingerprint density at radius 2 is 2.10 bits per heavy atom. The average molecular weight is 271 g/mol. The summed E-state index contributed by atoms with van der Waals surface area (Å²) in [5.74, 6) is 0.00836. The standard InChI is InChI=1S/C14H17N5O/c1-10(12-3-5-16-6-4-12)18-9-11-2-7-17-13(8-11)14(15)19-20/h2-8,10,18,20H,9H2,1H3,(H2,15,19)/t10-/m1/s1. The molecule has 20 heavy (non-hydrogen) atoms. The summed E-state index contributed by atoms with van der Waals surface area (Å²) in [6, 6.07) is 7.85. The van der Waals surface area contributed by atoms with Crippen LogP contribution in [0.2, 0.25) is 0 Å². The second-order valence-corrected chi connectivity index (χ2v) is 4.42. The minimum Gasteiger partial charge on any atom is -0.409 e. The van der Waals surface area contributed by atoms with Crippen molar-refractivity contribution in [2.45, 2.75) is 19.5 Å². The van der Waals surface area contributed by atoms with E-state index < -0.39 is 0 Å². The Morgan fingerprint density at radius 1 is 1.35 bits per heavy atom. The van der Waals surface area contributed by atoms with Crippen molar-refractivity contribution in [3.8, 4) is 0 Å². The number of oxime groups is 1. The fourth-order valence-corrected chi connectivity index (χ4v) is 1.82. The Morgan fingerprint density at radius 3 is 2.80 bits per heavy atom. The molecule has 0 aliphatic carbocycles. The first-order chi connectivity index (χ1) is 9.70. The van der Waals surface area contributed by atoms with Crippen molar-refractivity contribution in [1.29, 1.82) is 0 Å². The van der Waals surface area contributed by atoms with Crippen LogP contribution in [0.25, 0.3) is 0 Å². The van der Waals surface area contributed by atoms with Gasteiger partial charge in [-0.25, -0.2) is 0 Å². The number of aromatic nitrogens is 2. The lowest BCUT2D eigenvalue weighted by atomic mass is 10.1. The molecule has 6 heteroatoms. The van der Waals surface area contributed by atoms with Gasteiger partial charge in [-0.3, -0.25) is 9.97 Å². The molecule has 0 aliphatic rings. The number of nitrogens with two attached hydrogens (primary N) is 1. The summed E-state index contributed by atoms with van der Waals surface area (Å²) in [5.41, 5.74) is 8.17. The van der Waals surface area contributed by atoms with Crippen molar-refractivity contribution in [2.75, 3.05) is 0 Å². The quantitative estimate of drug-likeness (QED) is 0.331. The van der Waals surface area contributed by atoms with Crippen LogP contribution in [0.5, 0.6) is 0 Å². The zero-order valence-corrected chi connectivity index (χ0v) is 11.2. The van der Waals surface area contributed by atoms with Crippen molar-refractivity contribution in [2.24, 2.45) is 10.9 Å². The van der Waals surface area contributed by atoms with Crippen LogP contribution in [-0.2, 0) is 6.54 Å². The lowest BCUT2D eigenvalue weighted by Gasteiger charge is -2.14. The van der Waals surface area contributed by atoms with Gasteiger partial charge in [0.1, 0.15) is 5.69 Å². The minimum atomic E-state index is 0.00836. The zero-order chi connectivity index (χ0) is 14.4. The van der Waals surface area contributed by atoms with E-state index >= 15 is 0 Å². The molecular weight excluding hydrogens is 254 g/mol.